The predicted molar refractivity (Wildman–Crippen MR) is 87.0 cm³/mol. The molecule has 120 valence electrons. The summed E-state index contributed by atoms with van der Waals surface area (Å²) in [5.74, 6) is 3.69. The van der Waals surface area contributed by atoms with Gasteiger partial charge in [0.2, 0.25) is 0 Å². The van der Waals surface area contributed by atoms with Crippen LogP contribution >= 0.6 is 0 Å². The smallest absolute Gasteiger partial charge is 0.0675 e. The number of hydrogen-bond donors (Lipinski definition) is 1. The summed E-state index contributed by atoms with van der Waals surface area (Å²) in [6.45, 7) is 7.18. The Morgan fingerprint density at radius 3 is 2.33 bits per heavy atom. The van der Waals surface area contributed by atoms with Gasteiger partial charge < -0.3 is 5.11 Å². The van der Waals surface area contributed by atoms with E-state index in [1.165, 1.54) is 57.8 Å². The zero-order chi connectivity index (χ0) is 14.9. The number of hydrogen-bond acceptors (Lipinski definition) is 1. The third kappa shape index (κ3) is 1.79. The Bertz CT molecular complexity index is 428. The highest BCUT2D eigenvalue weighted by atomic mass is 16.3. The quantitative estimate of drug-likeness (QED) is 0.652. The van der Waals surface area contributed by atoms with Crippen LogP contribution in [0.2, 0.25) is 0 Å². The second-order valence-corrected chi connectivity index (χ2v) is 9.67. The second kappa shape index (κ2) is 4.49. The molecule has 0 amide bonds. The Morgan fingerprint density at radius 1 is 0.762 bits per heavy atom. The molecular formula is C20H34O. The van der Waals surface area contributed by atoms with Gasteiger partial charge in [-0.25, -0.2) is 0 Å². The highest BCUT2D eigenvalue weighted by molar-refractivity contribution is 5.12. The van der Waals surface area contributed by atoms with Crippen LogP contribution in [-0.4, -0.2) is 10.7 Å². The van der Waals surface area contributed by atoms with E-state index in [2.05, 4.69) is 20.8 Å². The van der Waals surface area contributed by atoms with Crippen LogP contribution in [0.3, 0.4) is 0 Å². The summed E-state index contributed by atoms with van der Waals surface area (Å²) in [5, 5.41) is 10.9. The molecule has 0 aromatic rings. The normalized spacial score (nSPS) is 60.0. The van der Waals surface area contributed by atoms with Gasteiger partial charge in [-0.1, -0.05) is 26.7 Å². The lowest BCUT2D eigenvalue weighted by atomic mass is 9.44. The van der Waals surface area contributed by atoms with Crippen LogP contribution in [0.4, 0.5) is 0 Å². The van der Waals surface area contributed by atoms with Gasteiger partial charge in [0, 0.05) is 0 Å². The van der Waals surface area contributed by atoms with Gasteiger partial charge in [-0.2, -0.15) is 0 Å². The fourth-order valence-corrected chi connectivity index (χ4v) is 7.54. The standard InChI is InChI=1S/C20H34O/c1-18-11-5-4-6-14(18)7-8-15-16(18)9-12-19(2)17(15)10-13-20(19,3)21/h14-17,21H,4-13H2,1-3H3/t14?,15?,16?,17?,18-,19-,20+/m0/s1. The molecule has 21 heavy (non-hydrogen) atoms. The van der Waals surface area contributed by atoms with Gasteiger partial charge in [-0.3, -0.25) is 0 Å². The van der Waals surface area contributed by atoms with Crippen LogP contribution in [0.1, 0.15) is 85.0 Å². The maximum Gasteiger partial charge on any atom is 0.0675 e. The van der Waals surface area contributed by atoms with Gasteiger partial charge in [0.25, 0.3) is 0 Å². The van der Waals surface area contributed by atoms with Gasteiger partial charge in [-0.05, 0) is 92.8 Å². The monoisotopic (exact) mass is 290 g/mol. The molecule has 1 heteroatoms. The first kappa shape index (κ1) is 14.5. The Balaban J connectivity index is 1.66. The molecule has 0 aromatic carbocycles. The molecular weight excluding hydrogens is 256 g/mol. The van der Waals surface area contributed by atoms with Crippen LogP contribution in [-0.2, 0) is 0 Å². The Kier molecular flexibility index (Phi) is 3.11. The van der Waals surface area contributed by atoms with Gasteiger partial charge >= 0.3 is 0 Å². The van der Waals surface area contributed by atoms with E-state index in [-0.39, 0.29) is 5.41 Å². The summed E-state index contributed by atoms with van der Waals surface area (Å²) in [6.07, 6.45) is 13.9. The highest BCUT2D eigenvalue weighted by Gasteiger charge is 2.62. The summed E-state index contributed by atoms with van der Waals surface area (Å²) in [7, 11) is 0. The molecule has 4 saturated carbocycles. The second-order valence-electron chi connectivity index (χ2n) is 9.67. The molecule has 1 nitrogen and oxygen atoms in total. The Morgan fingerprint density at radius 2 is 1.52 bits per heavy atom. The van der Waals surface area contributed by atoms with Crippen LogP contribution in [0.15, 0.2) is 0 Å². The average molecular weight is 290 g/mol. The maximum atomic E-state index is 10.9. The molecule has 0 saturated heterocycles. The first-order valence-corrected chi connectivity index (χ1v) is 9.61. The van der Waals surface area contributed by atoms with E-state index in [0.717, 1.165) is 30.1 Å². The maximum absolute atomic E-state index is 10.9. The Labute approximate surface area is 130 Å². The van der Waals surface area contributed by atoms with Crippen LogP contribution in [0, 0.1) is 34.5 Å². The zero-order valence-electron chi connectivity index (χ0n) is 14.3. The van der Waals surface area contributed by atoms with Crippen molar-refractivity contribution in [2.75, 3.05) is 0 Å². The van der Waals surface area contributed by atoms with Crippen molar-refractivity contribution in [1.29, 1.82) is 0 Å². The average Bonchev–Trinajstić information content (AvgIpc) is 2.69. The van der Waals surface area contributed by atoms with Crippen molar-refractivity contribution in [1.82, 2.24) is 0 Å². The largest absolute Gasteiger partial charge is 0.390 e. The predicted octanol–water partition coefficient (Wildman–Crippen LogP) is 5.17. The molecule has 0 spiro atoms. The van der Waals surface area contributed by atoms with Crippen LogP contribution in [0.5, 0.6) is 0 Å². The van der Waals surface area contributed by atoms with Crippen LogP contribution in [0.25, 0.3) is 0 Å². The lowest BCUT2D eigenvalue weighted by Gasteiger charge is -2.61. The SMILES string of the molecule is C[C@]12CCCCC1CCC1C2CC[C@@]2(C)C1CC[C@@]2(C)O. The van der Waals surface area contributed by atoms with Crippen molar-refractivity contribution in [3.8, 4) is 0 Å². The minimum atomic E-state index is -0.410. The third-order valence-electron chi connectivity index (χ3n) is 9.15. The van der Waals surface area contributed by atoms with Crippen molar-refractivity contribution in [2.24, 2.45) is 34.5 Å². The summed E-state index contributed by atoms with van der Waals surface area (Å²) >= 11 is 0. The molecule has 4 fully saturated rings. The van der Waals surface area contributed by atoms with Gasteiger partial charge in [0.1, 0.15) is 0 Å². The fraction of sp³-hybridized carbons (Fsp3) is 1.00. The molecule has 0 radical (unpaired) electrons. The van der Waals surface area contributed by atoms with E-state index < -0.39 is 5.60 Å². The molecule has 4 aliphatic rings. The molecule has 7 atom stereocenters. The van der Waals surface area contributed by atoms with Crippen molar-refractivity contribution in [3.05, 3.63) is 0 Å². The fourth-order valence-electron chi connectivity index (χ4n) is 7.54. The van der Waals surface area contributed by atoms with Gasteiger partial charge in [0.15, 0.2) is 0 Å². The van der Waals surface area contributed by atoms with E-state index in [9.17, 15) is 5.11 Å². The lowest BCUT2D eigenvalue weighted by molar-refractivity contribution is -0.145. The van der Waals surface area contributed by atoms with Crippen molar-refractivity contribution in [3.63, 3.8) is 0 Å². The Hall–Kier alpha value is -0.0400. The molecule has 4 aliphatic carbocycles. The van der Waals surface area contributed by atoms with E-state index in [1.54, 1.807) is 0 Å². The van der Waals surface area contributed by atoms with Crippen molar-refractivity contribution >= 4 is 0 Å². The molecule has 0 heterocycles. The van der Waals surface area contributed by atoms with Crippen LogP contribution < -0.4 is 0 Å². The molecule has 4 rings (SSSR count). The van der Waals surface area contributed by atoms with Gasteiger partial charge in [-0.15, -0.1) is 0 Å². The summed E-state index contributed by atoms with van der Waals surface area (Å²) in [6, 6.07) is 0. The topological polar surface area (TPSA) is 20.2 Å². The summed E-state index contributed by atoms with van der Waals surface area (Å²) in [4.78, 5) is 0. The number of aliphatic hydroxyl groups is 1. The van der Waals surface area contributed by atoms with Gasteiger partial charge in [0.05, 0.1) is 5.60 Å². The molecule has 0 bridgehead atoms. The first-order valence-electron chi connectivity index (χ1n) is 9.61. The summed E-state index contributed by atoms with van der Waals surface area (Å²) < 4.78 is 0. The van der Waals surface area contributed by atoms with E-state index in [0.29, 0.717) is 5.41 Å². The van der Waals surface area contributed by atoms with E-state index in [4.69, 9.17) is 0 Å². The summed E-state index contributed by atoms with van der Waals surface area (Å²) in [5.41, 5.74) is 0.427. The molecule has 1 N–H and O–H groups in total. The minimum absolute atomic E-state index is 0.200. The number of fused-ring (bicyclic) bond motifs is 5. The highest BCUT2D eigenvalue weighted by Crippen LogP contribution is 2.68. The van der Waals surface area contributed by atoms with E-state index in [1.807, 2.05) is 0 Å². The van der Waals surface area contributed by atoms with Crippen molar-refractivity contribution in [2.45, 2.75) is 90.6 Å². The zero-order valence-corrected chi connectivity index (χ0v) is 14.3. The lowest BCUT2D eigenvalue weighted by Crippen LogP contribution is -2.55. The minimum Gasteiger partial charge on any atom is -0.390 e. The molecule has 0 aliphatic heterocycles. The third-order valence-corrected chi connectivity index (χ3v) is 9.15. The van der Waals surface area contributed by atoms with E-state index >= 15 is 0 Å². The molecule has 0 aromatic heterocycles. The van der Waals surface area contributed by atoms with Crippen molar-refractivity contribution < 1.29 is 5.11 Å². The first-order chi connectivity index (χ1) is 9.88. The number of rotatable bonds is 0. The molecule has 4 unspecified atom stereocenters.